The van der Waals surface area contributed by atoms with Crippen molar-refractivity contribution in [1.82, 2.24) is 14.6 Å². The fourth-order valence-corrected chi connectivity index (χ4v) is 3.32. The number of ether oxygens (including phenoxy) is 1. The van der Waals surface area contributed by atoms with Crippen LogP contribution in [0.2, 0.25) is 0 Å². The van der Waals surface area contributed by atoms with E-state index >= 15 is 0 Å². The maximum Gasteiger partial charge on any atom is 0.338 e. The van der Waals surface area contributed by atoms with Gasteiger partial charge in [0, 0.05) is 12.5 Å². The fraction of sp³-hybridized carbons (Fsp3) is 0.294. The summed E-state index contributed by atoms with van der Waals surface area (Å²) in [7, 11) is 0. The number of esters is 1. The van der Waals surface area contributed by atoms with E-state index in [4.69, 9.17) is 4.74 Å². The Morgan fingerprint density at radius 3 is 2.88 bits per heavy atom. The summed E-state index contributed by atoms with van der Waals surface area (Å²) in [5, 5.41) is 5.12. The molecule has 0 fully saturated rings. The van der Waals surface area contributed by atoms with E-state index in [1.54, 1.807) is 12.1 Å². The van der Waals surface area contributed by atoms with E-state index in [1.165, 1.54) is 21.9 Å². The first-order valence-electron chi connectivity index (χ1n) is 7.70. The molecule has 0 N–H and O–H groups in total. The minimum atomic E-state index is -0.425. The SMILES string of the molecule is CCCc1nn2c(=O)cc(COC(=O)c3ccccc3C)nc2s1. The molecule has 1 aromatic carbocycles. The smallest absolute Gasteiger partial charge is 0.338 e. The van der Waals surface area contributed by atoms with Gasteiger partial charge in [-0.3, -0.25) is 4.79 Å². The normalized spacial score (nSPS) is 10.9. The maximum atomic E-state index is 12.1. The Bertz CT molecular complexity index is 946. The quantitative estimate of drug-likeness (QED) is 0.666. The number of aryl methyl sites for hydroxylation is 2. The van der Waals surface area contributed by atoms with Crippen LogP contribution in [0.4, 0.5) is 0 Å². The highest BCUT2D eigenvalue weighted by molar-refractivity contribution is 7.16. The molecule has 24 heavy (non-hydrogen) atoms. The molecule has 2 aromatic heterocycles. The summed E-state index contributed by atoms with van der Waals surface area (Å²) in [6, 6.07) is 8.56. The van der Waals surface area contributed by atoms with Gasteiger partial charge in [-0.15, -0.1) is 0 Å². The Hall–Kier alpha value is -2.54. The highest BCUT2D eigenvalue weighted by Crippen LogP contribution is 2.14. The zero-order valence-corrected chi connectivity index (χ0v) is 14.3. The van der Waals surface area contributed by atoms with Crippen molar-refractivity contribution in [3.63, 3.8) is 0 Å². The first-order chi connectivity index (χ1) is 11.6. The van der Waals surface area contributed by atoms with Crippen molar-refractivity contribution >= 4 is 22.3 Å². The van der Waals surface area contributed by atoms with Crippen LogP contribution in [0, 0.1) is 6.92 Å². The topological polar surface area (TPSA) is 73.6 Å². The summed E-state index contributed by atoms with van der Waals surface area (Å²) in [5.74, 6) is -0.425. The molecule has 0 bridgehead atoms. The van der Waals surface area contributed by atoms with Crippen molar-refractivity contribution < 1.29 is 9.53 Å². The molecule has 0 saturated carbocycles. The lowest BCUT2D eigenvalue weighted by atomic mass is 10.1. The Morgan fingerprint density at radius 1 is 1.33 bits per heavy atom. The van der Waals surface area contributed by atoms with Crippen LogP contribution in [0.1, 0.15) is 40.0 Å². The van der Waals surface area contributed by atoms with Gasteiger partial charge in [0.15, 0.2) is 0 Å². The molecule has 0 amide bonds. The lowest BCUT2D eigenvalue weighted by Crippen LogP contribution is -2.17. The molecular formula is C17H17N3O3S. The van der Waals surface area contributed by atoms with Crippen LogP contribution in [-0.4, -0.2) is 20.6 Å². The third kappa shape index (κ3) is 3.35. The molecule has 0 atom stereocenters. The molecule has 0 saturated heterocycles. The predicted molar refractivity (Wildman–Crippen MR) is 91.4 cm³/mol. The van der Waals surface area contributed by atoms with Crippen LogP contribution in [0.25, 0.3) is 4.96 Å². The monoisotopic (exact) mass is 343 g/mol. The maximum absolute atomic E-state index is 12.1. The molecule has 2 heterocycles. The predicted octanol–water partition coefficient (Wildman–Crippen LogP) is 2.77. The van der Waals surface area contributed by atoms with E-state index in [0.717, 1.165) is 23.4 Å². The van der Waals surface area contributed by atoms with Crippen LogP contribution in [0.15, 0.2) is 35.1 Å². The van der Waals surface area contributed by atoms with Crippen molar-refractivity contribution in [1.29, 1.82) is 0 Å². The summed E-state index contributed by atoms with van der Waals surface area (Å²) >= 11 is 1.38. The van der Waals surface area contributed by atoms with E-state index in [-0.39, 0.29) is 12.2 Å². The summed E-state index contributed by atoms with van der Waals surface area (Å²) in [6.45, 7) is 3.86. The van der Waals surface area contributed by atoms with Crippen LogP contribution in [-0.2, 0) is 17.8 Å². The highest BCUT2D eigenvalue weighted by atomic mass is 32.1. The molecule has 0 aliphatic heterocycles. The molecule has 3 rings (SSSR count). The second kappa shape index (κ2) is 6.92. The fourth-order valence-electron chi connectivity index (χ4n) is 2.30. The average Bonchev–Trinajstić information content (AvgIpc) is 2.96. The molecule has 0 spiro atoms. The van der Waals surface area contributed by atoms with Crippen LogP contribution < -0.4 is 5.56 Å². The largest absolute Gasteiger partial charge is 0.456 e. The number of aromatic nitrogens is 3. The van der Waals surface area contributed by atoms with Crippen molar-refractivity contribution in [3.8, 4) is 0 Å². The number of nitrogens with zero attached hydrogens (tertiary/aromatic N) is 3. The molecule has 0 aliphatic carbocycles. The minimum absolute atomic E-state index is 0.0417. The van der Waals surface area contributed by atoms with E-state index < -0.39 is 5.97 Å². The van der Waals surface area contributed by atoms with Gasteiger partial charge in [0.05, 0.1) is 11.3 Å². The van der Waals surface area contributed by atoms with Gasteiger partial charge < -0.3 is 4.74 Å². The minimum Gasteiger partial charge on any atom is -0.456 e. The van der Waals surface area contributed by atoms with Gasteiger partial charge in [-0.25, -0.2) is 9.78 Å². The highest BCUT2D eigenvalue weighted by Gasteiger charge is 2.12. The van der Waals surface area contributed by atoms with Crippen LogP contribution in [0.5, 0.6) is 0 Å². The second-order valence-corrected chi connectivity index (χ2v) is 6.46. The number of benzene rings is 1. The molecule has 124 valence electrons. The van der Waals surface area contributed by atoms with Gasteiger partial charge >= 0.3 is 5.97 Å². The van der Waals surface area contributed by atoms with E-state index in [0.29, 0.717) is 16.2 Å². The van der Waals surface area contributed by atoms with Crippen LogP contribution in [0.3, 0.4) is 0 Å². The van der Waals surface area contributed by atoms with E-state index in [2.05, 4.69) is 17.0 Å². The zero-order valence-electron chi connectivity index (χ0n) is 13.5. The van der Waals surface area contributed by atoms with Gasteiger partial charge in [-0.2, -0.15) is 9.61 Å². The molecular weight excluding hydrogens is 326 g/mol. The Kier molecular flexibility index (Phi) is 4.71. The summed E-state index contributed by atoms with van der Waals surface area (Å²) in [4.78, 5) is 29.1. The zero-order chi connectivity index (χ0) is 17.1. The number of hydrogen-bond acceptors (Lipinski definition) is 6. The van der Waals surface area contributed by atoms with Gasteiger partial charge in [0.25, 0.3) is 5.56 Å². The Labute approximate surface area is 142 Å². The first-order valence-corrected chi connectivity index (χ1v) is 8.51. The summed E-state index contributed by atoms with van der Waals surface area (Å²) in [5.41, 5.74) is 1.52. The Morgan fingerprint density at radius 2 is 2.12 bits per heavy atom. The van der Waals surface area contributed by atoms with Crippen molar-refractivity contribution in [2.45, 2.75) is 33.3 Å². The van der Waals surface area contributed by atoms with Crippen molar-refractivity contribution in [3.05, 3.63) is 62.5 Å². The van der Waals surface area contributed by atoms with Gasteiger partial charge in [0.1, 0.15) is 11.6 Å². The molecule has 0 aliphatic rings. The summed E-state index contributed by atoms with van der Waals surface area (Å²) in [6.07, 6.45) is 1.76. The van der Waals surface area contributed by atoms with Gasteiger partial charge in [-0.05, 0) is 25.0 Å². The summed E-state index contributed by atoms with van der Waals surface area (Å²) < 4.78 is 6.58. The average molecular weight is 343 g/mol. The third-order valence-corrected chi connectivity index (χ3v) is 4.49. The van der Waals surface area contributed by atoms with Gasteiger partial charge in [-0.1, -0.05) is 36.5 Å². The lowest BCUT2D eigenvalue weighted by molar-refractivity contribution is 0.0467. The number of rotatable bonds is 5. The van der Waals surface area contributed by atoms with E-state index in [1.807, 2.05) is 19.1 Å². The molecule has 7 heteroatoms. The number of hydrogen-bond donors (Lipinski definition) is 0. The first kappa shape index (κ1) is 16.3. The second-order valence-electron chi connectivity index (χ2n) is 5.42. The third-order valence-electron chi connectivity index (χ3n) is 3.52. The number of carbonyl (C=O) groups excluding carboxylic acids is 1. The molecule has 0 radical (unpaired) electrons. The van der Waals surface area contributed by atoms with Crippen molar-refractivity contribution in [2.24, 2.45) is 0 Å². The van der Waals surface area contributed by atoms with Crippen molar-refractivity contribution in [2.75, 3.05) is 0 Å². The molecule has 6 nitrogen and oxygen atoms in total. The van der Waals surface area contributed by atoms with E-state index in [9.17, 15) is 9.59 Å². The Balaban J connectivity index is 1.79. The molecule has 0 unspecified atom stereocenters. The molecule has 3 aromatic rings. The standard InChI is InChI=1S/C17H17N3O3S/c1-3-6-14-19-20-15(21)9-12(18-17(20)24-14)10-23-16(22)13-8-5-4-7-11(13)2/h4-5,7-9H,3,6,10H2,1-2H3. The number of fused-ring (bicyclic) bond motifs is 1. The lowest BCUT2D eigenvalue weighted by Gasteiger charge is -2.06. The van der Waals surface area contributed by atoms with Crippen LogP contribution >= 0.6 is 11.3 Å². The number of carbonyl (C=O) groups is 1. The van der Waals surface area contributed by atoms with Gasteiger partial charge in [0.2, 0.25) is 4.96 Å².